The number of amides is 1. The van der Waals surface area contributed by atoms with Crippen LogP contribution in [0.3, 0.4) is 0 Å². The molecule has 0 saturated carbocycles. The van der Waals surface area contributed by atoms with E-state index in [0.717, 1.165) is 30.4 Å². The van der Waals surface area contributed by atoms with Crippen molar-refractivity contribution in [1.82, 2.24) is 4.73 Å². The zero-order chi connectivity index (χ0) is 22.5. The fourth-order valence-electron chi connectivity index (χ4n) is 3.10. The predicted molar refractivity (Wildman–Crippen MR) is 117 cm³/mol. The zero-order valence-electron chi connectivity index (χ0n) is 18.5. The van der Waals surface area contributed by atoms with Crippen LogP contribution in [0.2, 0.25) is 0 Å². The van der Waals surface area contributed by atoms with E-state index in [2.05, 4.69) is 12.2 Å². The molecule has 0 unspecified atom stereocenters. The number of Topliss-reactive ketones (excluding diaryl/α,β-unsaturated/α-hetero) is 1. The first-order valence-electron chi connectivity index (χ1n) is 10.5. The number of nitrogens with one attached hydrogen (secondary N) is 1. The van der Waals surface area contributed by atoms with E-state index in [1.807, 2.05) is 0 Å². The van der Waals surface area contributed by atoms with Gasteiger partial charge in [-0.3, -0.25) is 9.59 Å². The summed E-state index contributed by atoms with van der Waals surface area (Å²) < 4.78 is 0.958. The van der Waals surface area contributed by atoms with Crippen molar-refractivity contribution in [1.29, 1.82) is 0 Å². The van der Waals surface area contributed by atoms with Gasteiger partial charge in [-0.25, -0.2) is 4.79 Å². The third-order valence-electron chi connectivity index (χ3n) is 4.83. The van der Waals surface area contributed by atoms with Crippen LogP contribution >= 0.6 is 0 Å². The van der Waals surface area contributed by atoms with Crippen LogP contribution < -0.4 is 10.2 Å². The van der Waals surface area contributed by atoms with Gasteiger partial charge in [-0.1, -0.05) is 32.6 Å². The average Bonchev–Trinajstić information content (AvgIpc) is 2.92. The quantitative estimate of drug-likeness (QED) is 0.450. The summed E-state index contributed by atoms with van der Waals surface area (Å²) in [5.74, 6) is -1.46. The monoisotopic (exact) mass is 416 g/mol. The smallest absolute Gasteiger partial charge is 0.338 e. The summed E-state index contributed by atoms with van der Waals surface area (Å²) in [5, 5.41) is 13.8. The summed E-state index contributed by atoms with van der Waals surface area (Å²) in [5.41, 5.74) is 0.0986. The van der Waals surface area contributed by atoms with Crippen LogP contribution in [0.4, 0.5) is 5.69 Å². The molecule has 2 aromatic rings. The molecule has 164 valence electrons. The summed E-state index contributed by atoms with van der Waals surface area (Å²) in [6, 6.07) is 4.88. The van der Waals surface area contributed by atoms with Crippen LogP contribution in [0.5, 0.6) is 5.88 Å². The molecule has 0 saturated heterocycles. The Morgan fingerprint density at radius 3 is 2.37 bits per heavy atom. The number of fused-ring (bicyclic) bond motifs is 1. The fourth-order valence-corrected chi connectivity index (χ4v) is 3.10. The molecule has 0 aliphatic heterocycles. The van der Waals surface area contributed by atoms with Gasteiger partial charge in [0.25, 0.3) is 0 Å². The molecular formula is C23H32N2O5. The van der Waals surface area contributed by atoms with Crippen molar-refractivity contribution in [3.05, 3.63) is 23.8 Å². The van der Waals surface area contributed by atoms with Crippen molar-refractivity contribution in [2.45, 2.75) is 73.1 Å². The third kappa shape index (κ3) is 5.62. The van der Waals surface area contributed by atoms with E-state index >= 15 is 0 Å². The van der Waals surface area contributed by atoms with E-state index in [9.17, 15) is 19.5 Å². The van der Waals surface area contributed by atoms with Gasteiger partial charge in [-0.2, -0.15) is 0 Å². The number of anilines is 1. The summed E-state index contributed by atoms with van der Waals surface area (Å²) in [7, 11) is 0. The lowest BCUT2D eigenvalue weighted by atomic mass is 9.98. The maximum atomic E-state index is 12.4. The molecule has 1 amide bonds. The Hall–Kier alpha value is -2.83. The second kappa shape index (κ2) is 9.78. The molecule has 0 spiro atoms. The highest BCUT2D eigenvalue weighted by Crippen LogP contribution is 2.33. The fraction of sp³-hybridized carbons (Fsp3) is 0.522. The lowest BCUT2D eigenvalue weighted by molar-refractivity contribution is -0.153. The molecule has 2 rings (SSSR count). The highest BCUT2D eigenvalue weighted by molar-refractivity contribution is 6.10. The number of aromatic nitrogens is 1. The average molecular weight is 417 g/mol. The van der Waals surface area contributed by atoms with Gasteiger partial charge in [0.05, 0.1) is 16.5 Å². The number of unbranched alkanes of at least 4 members (excludes halogenated alkanes) is 4. The molecule has 7 nitrogen and oxygen atoms in total. The van der Waals surface area contributed by atoms with Gasteiger partial charge in [0.1, 0.15) is 0 Å². The Labute approximate surface area is 177 Å². The maximum Gasteiger partial charge on any atom is 0.338 e. The number of carbonyl (C=O) groups excluding carboxylic acids is 3. The SMILES string of the molecule is CCCCCCCC(=O)Nc1ccc2c(C(C)=O)c(O)n(OC(=O)C(C)(C)C)c2c1. The van der Waals surface area contributed by atoms with Gasteiger partial charge in [0.15, 0.2) is 5.78 Å². The molecule has 30 heavy (non-hydrogen) atoms. The second-order valence-electron chi connectivity index (χ2n) is 8.62. The Morgan fingerprint density at radius 1 is 1.10 bits per heavy atom. The van der Waals surface area contributed by atoms with E-state index in [-0.39, 0.29) is 17.3 Å². The number of hydrogen-bond donors (Lipinski definition) is 2. The van der Waals surface area contributed by atoms with E-state index < -0.39 is 17.3 Å². The Balaban J connectivity index is 2.28. The highest BCUT2D eigenvalue weighted by Gasteiger charge is 2.28. The van der Waals surface area contributed by atoms with Crippen molar-refractivity contribution < 1.29 is 24.3 Å². The van der Waals surface area contributed by atoms with Gasteiger partial charge in [-0.15, -0.1) is 4.73 Å². The van der Waals surface area contributed by atoms with Gasteiger partial charge in [0, 0.05) is 17.5 Å². The van der Waals surface area contributed by atoms with Crippen LogP contribution in [0.1, 0.15) is 83.5 Å². The van der Waals surface area contributed by atoms with Crippen molar-refractivity contribution in [3.63, 3.8) is 0 Å². The molecule has 0 atom stereocenters. The number of benzene rings is 1. The maximum absolute atomic E-state index is 12.4. The lowest BCUT2D eigenvalue weighted by Crippen LogP contribution is -2.31. The first-order chi connectivity index (χ1) is 14.1. The first kappa shape index (κ1) is 23.4. The molecule has 0 aliphatic rings. The number of nitrogens with zero attached hydrogens (tertiary/aromatic N) is 1. The number of hydrogen-bond acceptors (Lipinski definition) is 5. The van der Waals surface area contributed by atoms with Crippen LogP contribution in [0.15, 0.2) is 18.2 Å². The zero-order valence-corrected chi connectivity index (χ0v) is 18.5. The molecule has 0 radical (unpaired) electrons. The minimum atomic E-state index is -0.803. The Bertz CT molecular complexity index is 937. The Kier molecular flexibility index (Phi) is 7.65. The first-order valence-corrected chi connectivity index (χ1v) is 10.5. The van der Waals surface area contributed by atoms with Gasteiger partial charge in [-0.05, 0) is 52.3 Å². The third-order valence-corrected chi connectivity index (χ3v) is 4.83. The minimum absolute atomic E-state index is 0.0699. The molecular weight excluding hydrogens is 384 g/mol. The molecule has 1 aromatic heterocycles. The molecule has 0 fully saturated rings. The summed E-state index contributed by atoms with van der Waals surface area (Å²) >= 11 is 0. The van der Waals surface area contributed by atoms with Crippen molar-refractivity contribution in [3.8, 4) is 5.88 Å². The van der Waals surface area contributed by atoms with Crippen LogP contribution in [0.25, 0.3) is 10.9 Å². The predicted octanol–water partition coefficient (Wildman–Crippen LogP) is 4.85. The molecule has 7 heteroatoms. The van der Waals surface area contributed by atoms with Gasteiger partial charge < -0.3 is 15.3 Å². The van der Waals surface area contributed by atoms with Crippen LogP contribution in [-0.2, 0) is 9.59 Å². The molecule has 2 N–H and O–H groups in total. The standard InChI is InChI=1S/C23H32N2O5/c1-6-7-8-9-10-11-19(27)24-16-12-13-17-18(14-16)25(21(28)20(17)15(2)26)30-22(29)23(3,4)5/h12-14,28H,6-11H2,1-5H3,(H,24,27). The summed E-state index contributed by atoms with van der Waals surface area (Å²) in [6.07, 6.45) is 5.71. The van der Waals surface area contributed by atoms with Crippen molar-refractivity contribution in [2.24, 2.45) is 5.41 Å². The van der Waals surface area contributed by atoms with E-state index in [0.29, 0.717) is 23.0 Å². The Morgan fingerprint density at radius 2 is 1.77 bits per heavy atom. The van der Waals surface area contributed by atoms with E-state index in [1.54, 1.807) is 39.0 Å². The van der Waals surface area contributed by atoms with Gasteiger partial charge in [0.2, 0.25) is 11.8 Å². The van der Waals surface area contributed by atoms with Crippen molar-refractivity contribution >= 4 is 34.3 Å². The summed E-state index contributed by atoms with van der Waals surface area (Å²) in [6.45, 7) is 8.55. The molecule has 0 bridgehead atoms. The molecule has 0 aliphatic carbocycles. The number of carbonyl (C=O) groups is 3. The topological polar surface area (TPSA) is 97.6 Å². The van der Waals surface area contributed by atoms with Gasteiger partial charge >= 0.3 is 5.97 Å². The molecule has 1 aromatic carbocycles. The van der Waals surface area contributed by atoms with E-state index in [4.69, 9.17) is 4.84 Å². The number of aromatic hydroxyl groups is 1. The highest BCUT2D eigenvalue weighted by atomic mass is 16.7. The van der Waals surface area contributed by atoms with Crippen molar-refractivity contribution in [2.75, 3.05) is 5.32 Å². The largest absolute Gasteiger partial charge is 0.492 e. The molecule has 1 heterocycles. The summed E-state index contributed by atoms with van der Waals surface area (Å²) in [4.78, 5) is 42.0. The van der Waals surface area contributed by atoms with Crippen LogP contribution in [0, 0.1) is 5.41 Å². The minimum Gasteiger partial charge on any atom is -0.492 e. The normalized spacial score (nSPS) is 11.5. The second-order valence-corrected chi connectivity index (χ2v) is 8.62. The van der Waals surface area contributed by atoms with Crippen LogP contribution in [-0.4, -0.2) is 27.5 Å². The van der Waals surface area contributed by atoms with E-state index in [1.165, 1.54) is 13.3 Å². The lowest BCUT2D eigenvalue weighted by Gasteiger charge is -2.17. The number of rotatable bonds is 9. The number of ketones is 1.